The first-order chi connectivity index (χ1) is 12.5. The van der Waals surface area contributed by atoms with Crippen LogP contribution in [0.25, 0.3) is 0 Å². The van der Waals surface area contributed by atoms with Crippen LogP contribution in [-0.4, -0.2) is 53.6 Å². The fourth-order valence-electron chi connectivity index (χ4n) is 2.86. The number of carbonyl (C=O) groups excluding carboxylic acids is 1. The van der Waals surface area contributed by atoms with E-state index in [1.807, 2.05) is 19.9 Å². The van der Waals surface area contributed by atoms with Gasteiger partial charge < -0.3 is 20.4 Å². The van der Waals surface area contributed by atoms with Crippen LogP contribution in [0, 0.1) is 12.7 Å². The Bertz CT molecular complexity index is 759. The highest BCUT2D eigenvalue weighted by Crippen LogP contribution is 2.18. The lowest BCUT2D eigenvalue weighted by Crippen LogP contribution is -2.50. The van der Waals surface area contributed by atoms with Crippen LogP contribution in [0.3, 0.4) is 0 Å². The van der Waals surface area contributed by atoms with E-state index in [9.17, 15) is 9.18 Å². The fourth-order valence-corrected chi connectivity index (χ4v) is 2.86. The molecule has 0 spiro atoms. The van der Waals surface area contributed by atoms with Crippen LogP contribution in [0.4, 0.5) is 26.5 Å². The van der Waals surface area contributed by atoms with Crippen LogP contribution in [0.1, 0.15) is 12.7 Å². The Morgan fingerprint density at radius 3 is 2.50 bits per heavy atom. The normalized spacial score (nSPS) is 14.3. The number of halogens is 1. The molecule has 26 heavy (non-hydrogen) atoms. The maximum Gasteiger partial charge on any atom is 0.321 e. The molecule has 0 saturated carbocycles. The summed E-state index contributed by atoms with van der Waals surface area (Å²) in [5.74, 6) is 2.07. The van der Waals surface area contributed by atoms with E-state index in [0.717, 1.165) is 24.0 Å². The zero-order chi connectivity index (χ0) is 18.5. The summed E-state index contributed by atoms with van der Waals surface area (Å²) in [6.45, 7) is 7.26. The second kappa shape index (κ2) is 7.99. The van der Waals surface area contributed by atoms with Crippen molar-refractivity contribution in [3.05, 3.63) is 42.0 Å². The SMILES string of the molecule is CCNc1cc(N2CCN(C(=O)Nc3ccc(F)cc3)CC2)nc(C)n1. The summed E-state index contributed by atoms with van der Waals surface area (Å²) in [4.78, 5) is 25.1. The van der Waals surface area contributed by atoms with Crippen molar-refractivity contribution in [3.63, 3.8) is 0 Å². The average Bonchev–Trinajstić information content (AvgIpc) is 2.63. The number of hydrogen-bond acceptors (Lipinski definition) is 5. The number of anilines is 3. The number of nitrogens with zero attached hydrogens (tertiary/aromatic N) is 4. The molecule has 2 amide bonds. The summed E-state index contributed by atoms with van der Waals surface area (Å²) in [6.07, 6.45) is 0. The maximum absolute atomic E-state index is 12.9. The molecule has 138 valence electrons. The monoisotopic (exact) mass is 358 g/mol. The number of rotatable bonds is 4. The van der Waals surface area contributed by atoms with Gasteiger partial charge in [0.2, 0.25) is 0 Å². The van der Waals surface area contributed by atoms with Gasteiger partial charge in [0.15, 0.2) is 0 Å². The fraction of sp³-hybridized carbons (Fsp3) is 0.389. The zero-order valence-corrected chi connectivity index (χ0v) is 15.0. The molecule has 0 unspecified atom stereocenters. The number of aromatic nitrogens is 2. The van der Waals surface area contributed by atoms with E-state index in [1.165, 1.54) is 12.1 Å². The molecular formula is C18H23FN6O. The first-order valence-corrected chi connectivity index (χ1v) is 8.71. The van der Waals surface area contributed by atoms with E-state index in [1.54, 1.807) is 17.0 Å². The van der Waals surface area contributed by atoms with Gasteiger partial charge >= 0.3 is 6.03 Å². The molecule has 1 aromatic heterocycles. The van der Waals surface area contributed by atoms with Crippen molar-refractivity contribution in [1.82, 2.24) is 14.9 Å². The van der Waals surface area contributed by atoms with Gasteiger partial charge in [-0.15, -0.1) is 0 Å². The zero-order valence-electron chi connectivity index (χ0n) is 15.0. The molecule has 0 aliphatic carbocycles. The number of benzene rings is 1. The van der Waals surface area contributed by atoms with Crippen molar-refractivity contribution in [2.45, 2.75) is 13.8 Å². The van der Waals surface area contributed by atoms with E-state index in [0.29, 0.717) is 31.9 Å². The Balaban J connectivity index is 1.58. The molecule has 3 rings (SSSR count). The number of hydrogen-bond donors (Lipinski definition) is 2. The second-order valence-corrected chi connectivity index (χ2v) is 6.10. The van der Waals surface area contributed by atoms with Gasteiger partial charge in [0.1, 0.15) is 23.3 Å². The number of piperazine rings is 1. The third-order valence-corrected chi connectivity index (χ3v) is 4.17. The first-order valence-electron chi connectivity index (χ1n) is 8.71. The van der Waals surface area contributed by atoms with E-state index in [-0.39, 0.29) is 11.8 Å². The number of carbonyl (C=O) groups is 1. The predicted octanol–water partition coefficient (Wildman–Crippen LogP) is 2.71. The molecule has 8 heteroatoms. The predicted molar refractivity (Wildman–Crippen MR) is 100 cm³/mol. The number of amides is 2. The van der Waals surface area contributed by atoms with E-state index in [2.05, 4.69) is 25.5 Å². The average molecular weight is 358 g/mol. The van der Waals surface area contributed by atoms with Crippen molar-refractivity contribution < 1.29 is 9.18 Å². The van der Waals surface area contributed by atoms with Gasteiger partial charge in [0.25, 0.3) is 0 Å². The Morgan fingerprint density at radius 1 is 1.15 bits per heavy atom. The van der Waals surface area contributed by atoms with Gasteiger partial charge in [0.05, 0.1) is 0 Å². The lowest BCUT2D eigenvalue weighted by molar-refractivity contribution is 0.208. The van der Waals surface area contributed by atoms with Gasteiger partial charge in [-0.2, -0.15) is 0 Å². The van der Waals surface area contributed by atoms with Gasteiger partial charge in [0, 0.05) is 44.5 Å². The smallest absolute Gasteiger partial charge is 0.321 e. The molecule has 1 saturated heterocycles. The van der Waals surface area contributed by atoms with Crippen molar-refractivity contribution in [1.29, 1.82) is 0 Å². The molecule has 7 nitrogen and oxygen atoms in total. The third kappa shape index (κ3) is 4.38. The largest absolute Gasteiger partial charge is 0.370 e. The summed E-state index contributed by atoms with van der Waals surface area (Å²) in [6, 6.07) is 7.51. The Hall–Kier alpha value is -2.90. The first kappa shape index (κ1) is 17.9. The van der Waals surface area contributed by atoms with Crippen LogP contribution >= 0.6 is 0 Å². The molecule has 0 bridgehead atoms. The van der Waals surface area contributed by atoms with Crippen LogP contribution in [-0.2, 0) is 0 Å². The minimum absolute atomic E-state index is 0.177. The lowest BCUT2D eigenvalue weighted by Gasteiger charge is -2.35. The van der Waals surface area contributed by atoms with Crippen molar-refractivity contribution >= 4 is 23.4 Å². The van der Waals surface area contributed by atoms with Gasteiger partial charge in [-0.25, -0.2) is 19.2 Å². The minimum Gasteiger partial charge on any atom is -0.370 e. The maximum atomic E-state index is 12.9. The molecule has 0 radical (unpaired) electrons. The molecule has 0 atom stereocenters. The Morgan fingerprint density at radius 2 is 1.85 bits per heavy atom. The quantitative estimate of drug-likeness (QED) is 0.879. The Kier molecular flexibility index (Phi) is 5.50. The van der Waals surface area contributed by atoms with Gasteiger partial charge in [-0.05, 0) is 38.1 Å². The molecule has 2 heterocycles. The number of aryl methyl sites for hydroxylation is 1. The number of nitrogens with one attached hydrogen (secondary N) is 2. The Labute approximate surface area is 152 Å². The van der Waals surface area contributed by atoms with Gasteiger partial charge in [-0.1, -0.05) is 0 Å². The summed E-state index contributed by atoms with van der Waals surface area (Å²) in [5.41, 5.74) is 0.584. The topological polar surface area (TPSA) is 73.4 Å². The van der Waals surface area contributed by atoms with Crippen LogP contribution in [0.5, 0.6) is 0 Å². The summed E-state index contributed by atoms with van der Waals surface area (Å²) in [7, 11) is 0. The molecule has 1 aliphatic heterocycles. The molecule has 1 aromatic carbocycles. The summed E-state index contributed by atoms with van der Waals surface area (Å²) < 4.78 is 12.9. The van der Waals surface area contributed by atoms with Gasteiger partial charge in [-0.3, -0.25) is 0 Å². The summed E-state index contributed by atoms with van der Waals surface area (Å²) >= 11 is 0. The molecule has 2 N–H and O–H groups in total. The van der Waals surface area contributed by atoms with Crippen molar-refractivity contribution in [2.24, 2.45) is 0 Å². The summed E-state index contributed by atoms with van der Waals surface area (Å²) in [5, 5.41) is 6.00. The highest BCUT2D eigenvalue weighted by molar-refractivity contribution is 5.89. The standard InChI is InChI=1S/C18H23FN6O/c1-3-20-16-12-17(22-13(2)21-16)24-8-10-25(11-9-24)18(26)23-15-6-4-14(19)5-7-15/h4-7,12H,3,8-11H2,1-2H3,(H,23,26)(H,20,21,22). The highest BCUT2D eigenvalue weighted by Gasteiger charge is 2.22. The molecule has 1 fully saturated rings. The van der Waals surface area contributed by atoms with E-state index in [4.69, 9.17) is 0 Å². The molecule has 1 aliphatic rings. The van der Waals surface area contributed by atoms with Crippen LogP contribution in [0.15, 0.2) is 30.3 Å². The van der Waals surface area contributed by atoms with Crippen molar-refractivity contribution in [2.75, 3.05) is 48.3 Å². The minimum atomic E-state index is -0.325. The lowest BCUT2D eigenvalue weighted by atomic mass is 10.3. The van der Waals surface area contributed by atoms with Crippen LogP contribution < -0.4 is 15.5 Å². The van der Waals surface area contributed by atoms with Crippen molar-refractivity contribution in [3.8, 4) is 0 Å². The molecule has 2 aromatic rings. The number of urea groups is 1. The third-order valence-electron chi connectivity index (χ3n) is 4.17. The van der Waals surface area contributed by atoms with Crippen LogP contribution in [0.2, 0.25) is 0 Å². The highest BCUT2D eigenvalue weighted by atomic mass is 19.1. The molecular weight excluding hydrogens is 335 g/mol. The van der Waals surface area contributed by atoms with E-state index < -0.39 is 0 Å². The van der Waals surface area contributed by atoms with E-state index >= 15 is 0 Å². The second-order valence-electron chi connectivity index (χ2n) is 6.10.